The molecular formula is C15H16F3N3O5. The van der Waals surface area contributed by atoms with Crippen molar-refractivity contribution in [3.8, 4) is 0 Å². The number of likely N-dealkylation sites (tertiary alicyclic amines) is 1. The molecule has 1 aliphatic heterocycles. The van der Waals surface area contributed by atoms with Crippen molar-refractivity contribution < 1.29 is 32.8 Å². The molecule has 1 fully saturated rings. The number of nitrogens with one attached hydrogen (secondary N) is 1. The zero-order valence-corrected chi connectivity index (χ0v) is 13.6. The van der Waals surface area contributed by atoms with E-state index in [1.54, 1.807) is 6.92 Å². The van der Waals surface area contributed by atoms with Gasteiger partial charge in [-0.25, -0.2) is 4.79 Å². The number of hydrogen-bond acceptors (Lipinski definition) is 4. The summed E-state index contributed by atoms with van der Waals surface area (Å²) < 4.78 is 38.9. The van der Waals surface area contributed by atoms with Gasteiger partial charge in [-0.3, -0.25) is 14.9 Å². The molecule has 0 radical (unpaired) electrons. The third kappa shape index (κ3) is 4.41. The first-order chi connectivity index (χ1) is 12.0. The summed E-state index contributed by atoms with van der Waals surface area (Å²) in [4.78, 5) is 34.2. The smallest absolute Gasteiger partial charge is 0.423 e. The third-order valence-corrected chi connectivity index (χ3v) is 4.05. The molecule has 0 spiro atoms. The maximum absolute atomic E-state index is 13.0. The van der Waals surface area contributed by atoms with Crippen LogP contribution < -0.4 is 5.32 Å². The van der Waals surface area contributed by atoms with Crippen LogP contribution in [-0.2, 0) is 11.0 Å². The summed E-state index contributed by atoms with van der Waals surface area (Å²) in [6, 6.07) is 1.38. The van der Waals surface area contributed by atoms with Gasteiger partial charge in [0.2, 0.25) is 0 Å². The largest absolute Gasteiger partial charge is 0.481 e. The van der Waals surface area contributed by atoms with Crippen LogP contribution in [-0.4, -0.2) is 40.0 Å². The molecule has 2 N–H and O–H groups in total. The molecule has 2 atom stereocenters. The Morgan fingerprint density at radius 1 is 1.35 bits per heavy atom. The summed E-state index contributed by atoms with van der Waals surface area (Å²) in [5.74, 6) is -1.89. The average molecular weight is 375 g/mol. The summed E-state index contributed by atoms with van der Waals surface area (Å²) in [5, 5.41) is 22.1. The molecule has 8 nitrogen and oxygen atoms in total. The Morgan fingerprint density at radius 3 is 2.54 bits per heavy atom. The Hall–Kier alpha value is -2.85. The van der Waals surface area contributed by atoms with Crippen LogP contribution in [0, 0.1) is 22.0 Å². The molecule has 11 heteroatoms. The fourth-order valence-corrected chi connectivity index (χ4v) is 2.90. The fraction of sp³-hybridized carbons (Fsp3) is 0.467. The van der Waals surface area contributed by atoms with E-state index in [9.17, 15) is 32.9 Å². The number of alkyl halides is 3. The van der Waals surface area contributed by atoms with Crippen LogP contribution in [0.2, 0.25) is 0 Å². The Morgan fingerprint density at radius 2 is 2.00 bits per heavy atom. The van der Waals surface area contributed by atoms with E-state index in [1.807, 2.05) is 0 Å². The predicted octanol–water partition coefficient (Wildman–Crippen LogP) is 3.19. The first-order valence-corrected chi connectivity index (χ1v) is 7.63. The number of nitro benzene ring substituents is 1. The highest BCUT2D eigenvalue weighted by Gasteiger charge is 2.39. The van der Waals surface area contributed by atoms with Crippen molar-refractivity contribution in [2.45, 2.75) is 19.5 Å². The number of benzene rings is 1. The van der Waals surface area contributed by atoms with Crippen molar-refractivity contribution >= 4 is 23.4 Å². The molecule has 0 aliphatic carbocycles. The van der Waals surface area contributed by atoms with E-state index >= 15 is 0 Å². The van der Waals surface area contributed by atoms with Crippen LogP contribution in [0.4, 0.5) is 29.3 Å². The zero-order valence-electron chi connectivity index (χ0n) is 13.6. The minimum atomic E-state index is -4.96. The second-order valence-electron chi connectivity index (χ2n) is 6.20. The van der Waals surface area contributed by atoms with Crippen LogP contribution in [0.5, 0.6) is 0 Å². The monoisotopic (exact) mass is 375 g/mol. The molecule has 2 rings (SSSR count). The van der Waals surface area contributed by atoms with E-state index < -0.39 is 40.3 Å². The number of anilines is 1. The molecule has 1 heterocycles. The predicted molar refractivity (Wildman–Crippen MR) is 83.6 cm³/mol. The number of urea groups is 1. The summed E-state index contributed by atoms with van der Waals surface area (Å²) in [7, 11) is 0. The van der Waals surface area contributed by atoms with Crippen LogP contribution in [0.1, 0.15) is 18.9 Å². The molecule has 2 unspecified atom stereocenters. The van der Waals surface area contributed by atoms with Crippen molar-refractivity contribution in [3.63, 3.8) is 0 Å². The van der Waals surface area contributed by atoms with Gasteiger partial charge >= 0.3 is 18.2 Å². The summed E-state index contributed by atoms with van der Waals surface area (Å²) in [5.41, 5.74) is -2.86. The van der Waals surface area contributed by atoms with Gasteiger partial charge in [0.1, 0.15) is 5.56 Å². The van der Waals surface area contributed by atoms with Gasteiger partial charge in [-0.2, -0.15) is 13.2 Å². The normalized spacial score (nSPS) is 20.5. The summed E-state index contributed by atoms with van der Waals surface area (Å²) in [6.45, 7) is 1.96. The van der Waals surface area contributed by atoms with E-state index in [4.69, 9.17) is 5.11 Å². The lowest BCUT2D eigenvalue weighted by molar-refractivity contribution is -0.388. The minimum Gasteiger partial charge on any atom is -0.481 e. The fourth-order valence-electron chi connectivity index (χ4n) is 2.90. The highest BCUT2D eigenvalue weighted by atomic mass is 19.4. The second-order valence-corrected chi connectivity index (χ2v) is 6.20. The Labute approximate surface area is 145 Å². The number of carboxylic acids is 1. The first-order valence-electron chi connectivity index (χ1n) is 7.63. The highest BCUT2D eigenvalue weighted by molar-refractivity contribution is 5.90. The Bertz CT molecular complexity index is 738. The first kappa shape index (κ1) is 19.5. The summed E-state index contributed by atoms with van der Waals surface area (Å²) in [6.07, 6.45) is -4.56. The molecule has 1 aromatic rings. The van der Waals surface area contributed by atoms with E-state index in [1.165, 1.54) is 4.90 Å². The summed E-state index contributed by atoms with van der Waals surface area (Å²) >= 11 is 0. The van der Waals surface area contributed by atoms with Crippen LogP contribution in [0.25, 0.3) is 0 Å². The molecular weight excluding hydrogens is 359 g/mol. The number of carbonyl (C=O) groups is 2. The molecule has 26 heavy (non-hydrogen) atoms. The SMILES string of the molecule is CC1CC(C(=O)O)CN(C(=O)Nc2ccc([N+](=O)[O-])c(C(F)(F)F)c2)C1. The number of nitro groups is 1. The van der Waals surface area contributed by atoms with Crippen LogP contribution >= 0.6 is 0 Å². The number of rotatable bonds is 3. The maximum Gasteiger partial charge on any atom is 0.423 e. The third-order valence-electron chi connectivity index (χ3n) is 4.05. The molecule has 1 aliphatic rings. The topological polar surface area (TPSA) is 113 Å². The van der Waals surface area contributed by atoms with E-state index in [-0.39, 0.29) is 24.7 Å². The molecule has 142 valence electrons. The van der Waals surface area contributed by atoms with Gasteiger partial charge in [-0.15, -0.1) is 0 Å². The van der Waals surface area contributed by atoms with Gasteiger partial charge < -0.3 is 15.3 Å². The van der Waals surface area contributed by atoms with Gasteiger partial charge in [0.15, 0.2) is 0 Å². The number of hydrogen-bond donors (Lipinski definition) is 2. The number of carboxylic acid groups (broad SMARTS) is 1. The molecule has 0 bridgehead atoms. The van der Waals surface area contributed by atoms with Gasteiger partial charge in [0.25, 0.3) is 5.69 Å². The lowest BCUT2D eigenvalue weighted by Crippen LogP contribution is -2.47. The van der Waals surface area contributed by atoms with E-state index in [2.05, 4.69) is 5.32 Å². The van der Waals surface area contributed by atoms with Crippen LogP contribution in [0.15, 0.2) is 18.2 Å². The average Bonchev–Trinajstić information content (AvgIpc) is 2.53. The molecule has 1 saturated heterocycles. The van der Waals surface area contributed by atoms with Gasteiger partial charge in [0.05, 0.1) is 10.8 Å². The molecule has 0 saturated carbocycles. The number of nitrogens with zero attached hydrogens (tertiary/aromatic N) is 2. The van der Waals surface area contributed by atoms with Gasteiger partial charge in [-0.1, -0.05) is 6.92 Å². The number of amides is 2. The number of piperidine rings is 1. The van der Waals surface area contributed by atoms with E-state index in [0.717, 1.165) is 6.07 Å². The lowest BCUT2D eigenvalue weighted by atomic mass is 9.91. The molecule has 1 aromatic carbocycles. The number of halogens is 3. The minimum absolute atomic E-state index is 0.0649. The Balaban J connectivity index is 2.21. The number of carbonyl (C=O) groups excluding carboxylic acids is 1. The van der Waals surface area contributed by atoms with Crippen molar-refractivity contribution in [1.29, 1.82) is 0 Å². The second kappa shape index (κ2) is 7.18. The molecule has 2 amide bonds. The lowest BCUT2D eigenvalue weighted by Gasteiger charge is -2.34. The van der Waals surface area contributed by atoms with Crippen LogP contribution in [0.3, 0.4) is 0 Å². The van der Waals surface area contributed by atoms with Crippen molar-refractivity contribution in [3.05, 3.63) is 33.9 Å². The van der Waals surface area contributed by atoms with Gasteiger partial charge in [0, 0.05) is 24.8 Å². The highest BCUT2D eigenvalue weighted by Crippen LogP contribution is 2.37. The zero-order chi connectivity index (χ0) is 19.6. The Kier molecular flexibility index (Phi) is 5.38. The standard InChI is InChI=1S/C15H16F3N3O5/c1-8-4-9(13(22)23)7-20(6-8)14(24)19-10-2-3-12(21(25)26)11(5-10)15(16,17)18/h2-3,5,8-9H,4,6-7H2,1H3,(H,19,24)(H,22,23). The van der Waals surface area contributed by atoms with Crippen molar-refractivity contribution in [2.24, 2.45) is 11.8 Å². The number of aliphatic carboxylic acids is 1. The van der Waals surface area contributed by atoms with E-state index in [0.29, 0.717) is 18.6 Å². The van der Waals surface area contributed by atoms with Gasteiger partial charge in [-0.05, 0) is 24.5 Å². The van der Waals surface area contributed by atoms with Crippen molar-refractivity contribution in [2.75, 3.05) is 18.4 Å². The van der Waals surface area contributed by atoms with Crippen molar-refractivity contribution in [1.82, 2.24) is 4.90 Å². The quantitative estimate of drug-likeness (QED) is 0.622. The maximum atomic E-state index is 13.0. The molecule has 0 aromatic heterocycles.